The predicted octanol–water partition coefficient (Wildman–Crippen LogP) is 1.39. The summed E-state index contributed by atoms with van der Waals surface area (Å²) in [7, 11) is 0. The number of hydrogen-bond donors (Lipinski definition) is 3. The Morgan fingerprint density at radius 3 is 2.74 bits per heavy atom. The van der Waals surface area contributed by atoms with Crippen LogP contribution in [0.5, 0.6) is 0 Å². The predicted molar refractivity (Wildman–Crippen MR) is 66.9 cm³/mol. The van der Waals surface area contributed by atoms with E-state index in [-0.39, 0.29) is 9.41 Å². The molecule has 0 bridgehead atoms. The van der Waals surface area contributed by atoms with Gasteiger partial charge in [0.15, 0.2) is 23.0 Å². The average molecular weight is 310 g/mol. The number of aromatic amines is 1. The second-order valence-corrected chi connectivity index (χ2v) is 5.31. The SMILES string of the molecule is C[C@]1(CO)O[C@@H](n2cc(F)c(=S)[nH]c2=S)[C@@H](F)[C@H]1O. The lowest BCUT2D eigenvalue weighted by Gasteiger charge is -2.24. The number of aromatic nitrogens is 2. The van der Waals surface area contributed by atoms with Gasteiger partial charge in [0.1, 0.15) is 16.3 Å². The molecule has 2 heterocycles. The summed E-state index contributed by atoms with van der Waals surface area (Å²) in [6.07, 6.45) is -3.82. The maximum atomic E-state index is 14.0. The number of nitrogens with one attached hydrogen (secondary N) is 1. The minimum absolute atomic E-state index is 0.0339. The number of hydrogen-bond acceptors (Lipinski definition) is 5. The molecule has 4 atom stereocenters. The van der Waals surface area contributed by atoms with Crippen LogP contribution in [0.3, 0.4) is 0 Å². The van der Waals surface area contributed by atoms with E-state index < -0.39 is 36.5 Å². The largest absolute Gasteiger partial charge is 0.393 e. The minimum Gasteiger partial charge on any atom is -0.393 e. The van der Waals surface area contributed by atoms with E-state index in [0.29, 0.717) is 0 Å². The van der Waals surface area contributed by atoms with Crippen LogP contribution in [-0.2, 0) is 4.74 Å². The molecule has 0 amide bonds. The fourth-order valence-corrected chi connectivity index (χ4v) is 2.37. The summed E-state index contributed by atoms with van der Waals surface area (Å²) in [6, 6.07) is 0. The third-order valence-corrected chi connectivity index (χ3v) is 3.71. The first-order valence-electron chi connectivity index (χ1n) is 5.42. The summed E-state index contributed by atoms with van der Waals surface area (Å²) in [4.78, 5) is 2.39. The van der Waals surface area contributed by atoms with Gasteiger partial charge in [-0.25, -0.2) is 8.78 Å². The zero-order valence-corrected chi connectivity index (χ0v) is 11.5. The topological polar surface area (TPSA) is 70.4 Å². The van der Waals surface area contributed by atoms with Gasteiger partial charge in [0.2, 0.25) is 0 Å². The molecule has 1 aliphatic heterocycles. The number of rotatable bonds is 2. The molecular weight excluding hydrogens is 298 g/mol. The van der Waals surface area contributed by atoms with E-state index in [0.717, 1.165) is 10.8 Å². The number of aliphatic hydroxyl groups excluding tert-OH is 2. The Kier molecular flexibility index (Phi) is 3.85. The van der Waals surface area contributed by atoms with Crippen LogP contribution in [0.2, 0.25) is 0 Å². The molecule has 9 heteroatoms. The van der Waals surface area contributed by atoms with Crippen molar-refractivity contribution in [3.05, 3.63) is 21.4 Å². The van der Waals surface area contributed by atoms with Crippen molar-refractivity contribution in [2.45, 2.75) is 31.0 Å². The summed E-state index contributed by atoms with van der Waals surface area (Å²) in [6.45, 7) is 0.777. The van der Waals surface area contributed by atoms with Gasteiger partial charge < -0.3 is 19.9 Å². The van der Waals surface area contributed by atoms with Crippen LogP contribution >= 0.6 is 24.4 Å². The highest BCUT2D eigenvalue weighted by atomic mass is 32.1. The molecule has 0 unspecified atom stereocenters. The van der Waals surface area contributed by atoms with E-state index >= 15 is 0 Å². The lowest BCUT2D eigenvalue weighted by atomic mass is 9.99. The molecule has 106 valence electrons. The Labute approximate surface area is 117 Å². The second-order valence-electron chi connectivity index (χ2n) is 4.51. The third-order valence-electron chi connectivity index (χ3n) is 3.10. The van der Waals surface area contributed by atoms with Crippen molar-refractivity contribution in [3.63, 3.8) is 0 Å². The standard InChI is InChI=1S/C10H12F2N2O3S2/c1-10(3-15)6(16)5(12)8(17-10)14-2-4(11)7(18)13-9(14)19/h2,5-6,8,15-16H,3H2,1H3,(H,13,18,19)/t5-,6+,8+,10+/m0/s1. The molecule has 19 heavy (non-hydrogen) atoms. The van der Waals surface area contributed by atoms with Crippen molar-refractivity contribution >= 4 is 24.4 Å². The van der Waals surface area contributed by atoms with Gasteiger partial charge in [-0.05, 0) is 19.1 Å². The van der Waals surface area contributed by atoms with Gasteiger partial charge in [0.05, 0.1) is 6.61 Å². The highest BCUT2D eigenvalue weighted by Gasteiger charge is 2.52. The van der Waals surface area contributed by atoms with Gasteiger partial charge in [-0.15, -0.1) is 0 Å². The van der Waals surface area contributed by atoms with Gasteiger partial charge in [-0.1, -0.05) is 12.2 Å². The Morgan fingerprint density at radius 1 is 1.58 bits per heavy atom. The zero-order valence-electron chi connectivity index (χ0n) is 9.84. The molecule has 1 aromatic rings. The smallest absolute Gasteiger partial charge is 0.180 e. The van der Waals surface area contributed by atoms with Crippen molar-refractivity contribution in [2.24, 2.45) is 0 Å². The summed E-state index contributed by atoms with van der Waals surface area (Å²) < 4.78 is 33.5. The number of alkyl halides is 1. The first-order chi connectivity index (χ1) is 8.80. The molecule has 1 fully saturated rings. The molecule has 1 saturated heterocycles. The first kappa shape index (κ1) is 14.7. The monoisotopic (exact) mass is 310 g/mol. The van der Waals surface area contributed by atoms with Crippen molar-refractivity contribution < 1.29 is 23.7 Å². The molecular formula is C10H12F2N2O3S2. The number of ether oxygens (including phenoxy) is 1. The summed E-state index contributed by atoms with van der Waals surface area (Å²) in [5.41, 5.74) is -1.47. The molecule has 0 aromatic carbocycles. The molecule has 5 nitrogen and oxygen atoms in total. The maximum Gasteiger partial charge on any atom is 0.180 e. The van der Waals surface area contributed by atoms with Gasteiger partial charge in [0, 0.05) is 6.20 Å². The number of aliphatic hydroxyl groups is 2. The normalized spacial score (nSPS) is 34.7. The van der Waals surface area contributed by atoms with Crippen LogP contribution in [0.1, 0.15) is 13.2 Å². The maximum absolute atomic E-state index is 14.0. The van der Waals surface area contributed by atoms with E-state index in [9.17, 15) is 13.9 Å². The molecule has 0 radical (unpaired) electrons. The van der Waals surface area contributed by atoms with E-state index in [1.165, 1.54) is 6.92 Å². The molecule has 1 aromatic heterocycles. The van der Waals surface area contributed by atoms with Crippen LogP contribution in [0.15, 0.2) is 6.20 Å². The Hall–Kier alpha value is -0.740. The zero-order chi connectivity index (χ0) is 14.4. The Morgan fingerprint density at radius 2 is 2.21 bits per heavy atom. The van der Waals surface area contributed by atoms with E-state index in [1.807, 2.05) is 0 Å². The van der Waals surface area contributed by atoms with Crippen molar-refractivity contribution in [2.75, 3.05) is 6.61 Å². The average Bonchev–Trinajstić information content (AvgIpc) is 2.59. The fourth-order valence-electron chi connectivity index (χ4n) is 1.89. The lowest BCUT2D eigenvalue weighted by molar-refractivity contribution is -0.117. The molecule has 0 saturated carbocycles. The van der Waals surface area contributed by atoms with Crippen molar-refractivity contribution in [3.8, 4) is 0 Å². The summed E-state index contributed by atoms with van der Waals surface area (Å²) in [5, 5.41) is 18.9. The van der Waals surface area contributed by atoms with Gasteiger partial charge in [-0.3, -0.25) is 4.57 Å². The highest BCUT2D eigenvalue weighted by Crippen LogP contribution is 2.38. The van der Waals surface area contributed by atoms with Crippen LogP contribution in [0.25, 0.3) is 0 Å². The number of nitrogens with zero attached hydrogens (tertiary/aromatic N) is 1. The molecule has 2 rings (SSSR count). The highest BCUT2D eigenvalue weighted by molar-refractivity contribution is 7.72. The molecule has 3 N–H and O–H groups in total. The Balaban J connectivity index is 2.47. The van der Waals surface area contributed by atoms with Crippen molar-refractivity contribution in [1.29, 1.82) is 0 Å². The first-order valence-corrected chi connectivity index (χ1v) is 6.23. The number of halogens is 2. The minimum atomic E-state index is -1.85. The molecule has 0 spiro atoms. The van der Waals surface area contributed by atoms with E-state index in [2.05, 4.69) is 17.2 Å². The van der Waals surface area contributed by atoms with E-state index in [1.54, 1.807) is 0 Å². The summed E-state index contributed by atoms with van der Waals surface area (Å²) >= 11 is 9.58. The molecule has 0 aliphatic carbocycles. The van der Waals surface area contributed by atoms with Gasteiger partial charge in [0.25, 0.3) is 0 Å². The van der Waals surface area contributed by atoms with Crippen LogP contribution in [-0.4, -0.2) is 44.2 Å². The lowest BCUT2D eigenvalue weighted by Crippen LogP contribution is -2.42. The van der Waals surface area contributed by atoms with Gasteiger partial charge in [-0.2, -0.15) is 0 Å². The van der Waals surface area contributed by atoms with Gasteiger partial charge >= 0.3 is 0 Å². The van der Waals surface area contributed by atoms with Crippen LogP contribution in [0, 0.1) is 15.2 Å². The second kappa shape index (κ2) is 4.98. The van der Waals surface area contributed by atoms with Crippen LogP contribution < -0.4 is 0 Å². The van der Waals surface area contributed by atoms with E-state index in [4.69, 9.17) is 22.1 Å². The molecule has 1 aliphatic rings. The summed E-state index contributed by atoms with van der Waals surface area (Å²) in [5.74, 6) is -0.786. The fraction of sp³-hybridized carbons (Fsp3) is 0.600. The third kappa shape index (κ3) is 2.36. The number of H-pyrrole nitrogens is 1. The van der Waals surface area contributed by atoms with Crippen LogP contribution in [0.4, 0.5) is 8.78 Å². The van der Waals surface area contributed by atoms with Crippen molar-refractivity contribution in [1.82, 2.24) is 9.55 Å². The Bertz CT molecular complexity index is 605. The quantitative estimate of drug-likeness (QED) is 0.720.